The number of nitrogens with one attached hydrogen (secondary N) is 1. The van der Waals surface area contributed by atoms with E-state index in [2.05, 4.69) is 4.98 Å². The standard InChI is InChI=1S/C11H12N2O/c1-6-4-3-5-8-7(2)10(11(12)14)13-9(6)8/h3-5,13H,1-2H3,(H2,12,14). The molecule has 0 unspecified atom stereocenters. The third-order valence-electron chi connectivity index (χ3n) is 2.55. The number of hydrogen-bond donors (Lipinski definition) is 2. The number of para-hydroxylation sites is 1. The number of aromatic nitrogens is 1. The van der Waals surface area contributed by atoms with Crippen molar-refractivity contribution >= 4 is 16.8 Å². The van der Waals surface area contributed by atoms with Crippen LogP contribution in [-0.2, 0) is 0 Å². The van der Waals surface area contributed by atoms with Crippen LogP contribution in [0.2, 0.25) is 0 Å². The van der Waals surface area contributed by atoms with E-state index in [0.717, 1.165) is 22.0 Å². The fourth-order valence-electron chi connectivity index (χ4n) is 1.75. The largest absolute Gasteiger partial charge is 0.364 e. The predicted octanol–water partition coefficient (Wildman–Crippen LogP) is 1.88. The number of benzene rings is 1. The Hall–Kier alpha value is -1.77. The van der Waals surface area contributed by atoms with E-state index in [9.17, 15) is 4.79 Å². The van der Waals surface area contributed by atoms with Crippen molar-refractivity contribution in [2.45, 2.75) is 13.8 Å². The summed E-state index contributed by atoms with van der Waals surface area (Å²) in [5, 5.41) is 1.07. The minimum absolute atomic E-state index is 0.405. The molecule has 2 rings (SSSR count). The summed E-state index contributed by atoms with van der Waals surface area (Å²) in [6, 6.07) is 5.97. The molecule has 0 aliphatic rings. The van der Waals surface area contributed by atoms with Gasteiger partial charge in [0.05, 0.1) is 0 Å². The van der Waals surface area contributed by atoms with Gasteiger partial charge in [0.15, 0.2) is 0 Å². The highest BCUT2D eigenvalue weighted by Gasteiger charge is 2.12. The second-order valence-corrected chi connectivity index (χ2v) is 3.49. The van der Waals surface area contributed by atoms with Crippen LogP contribution in [0, 0.1) is 13.8 Å². The second kappa shape index (κ2) is 2.87. The predicted molar refractivity (Wildman–Crippen MR) is 56.3 cm³/mol. The Bertz CT molecular complexity index is 511. The monoisotopic (exact) mass is 188 g/mol. The maximum Gasteiger partial charge on any atom is 0.265 e. The summed E-state index contributed by atoms with van der Waals surface area (Å²) in [6.07, 6.45) is 0. The third kappa shape index (κ3) is 1.09. The van der Waals surface area contributed by atoms with E-state index in [4.69, 9.17) is 5.73 Å². The molecule has 0 radical (unpaired) electrons. The zero-order valence-electron chi connectivity index (χ0n) is 8.22. The maximum atomic E-state index is 11.1. The molecule has 3 nitrogen and oxygen atoms in total. The number of aryl methyl sites for hydroxylation is 2. The summed E-state index contributed by atoms with van der Waals surface area (Å²) in [5.74, 6) is -0.405. The van der Waals surface area contributed by atoms with Crippen molar-refractivity contribution in [2.75, 3.05) is 0 Å². The Kier molecular flexibility index (Phi) is 1.81. The molecular weight excluding hydrogens is 176 g/mol. The third-order valence-corrected chi connectivity index (χ3v) is 2.55. The SMILES string of the molecule is Cc1c(C(N)=O)[nH]c2c(C)cccc12. The lowest BCUT2D eigenvalue weighted by Crippen LogP contribution is -2.12. The summed E-state index contributed by atoms with van der Waals surface area (Å²) in [5.41, 5.74) is 8.82. The van der Waals surface area contributed by atoms with Gasteiger partial charge in [0.1, 0.15) is 5.69 Å². The molecule has 0 saturated carbocycles. The maximum absolute atomic E-state index is 11.1. The lowest BCUT2D eigenvalue weighted by Gasteiger charge is -1.94. The lowest BCUT2D eigenvalue weighted by atomic mass is 10.1. The van der Waals surface area contributed by atoms with Crippen LogP contribution in [-0.4, -0.2) is 10.9 Å². The normalized spacial score (nSPS) is 10.7. The van der Waals surface area contributed by atoms with Crippen molar-refractivity contribution < 1.29 is 4.79 Å². The first kappa shape index (κ1) is 8.81. The van der Waals surface area contributed by atoms with Crippen LogP contribution in [0.25, 0.3) is 10.9 Å². The molecule has 0 saturated heterocycles. The molecule has 1 amide bonds. The molecule has 0 aliphatic heterocycles. The van der Waals surface area contributed by atoms with Gasteiger partial charge in [0.25, 0.3) is 5.91 Å². The van der Waals surface area contributed by atoms with Gasteiger partial charge in [-0.25, -0.2) is 0 Å². The molecule has 14 heavy (non-hydrogen) atoms. The molecule has 0 aliphatic carbocycles. The Morgan fingerprint density at radius 3 is 2.64 bits per heavy atom. The van der Waals surface area contributed by atoms with E-state index < -0.39 is 5.91 Å². The van der Waals surface area contributed by atoms with Gasteiger partial charge >= 0.3 is 0 Å². The fourth-order valence-corrected chi connectivity index (χ4v) is 1.75. The van der Waals surface area contributed by atoms with Crippen molar-refractivity contribution in [3.63, 3.8) is 0 Å². The van der Waals surface area contributed by atoms with E-state index in [-0.39, 0.29) is 0 Å². The molecular formula is C11H12N2O. The van der Waals surface area contributed by atoms with E-state index in [1.54, 1.807) is 0 Å². The molecule has 1 aromatic heterocycles. The Labute approximate surface area is 81.9 Å². The van der Waals surface area contributed by atoms with Crippen molar-refractivity contribution in [2.24, 2.45) is 5.73 Å². The quantitative estimate of drug-likeness (QED) is 0.705. The second-order valence-electron chi connectivity index (χ2n) is 3.49. The van der Waals surface area contributed by atoms with Crippen molar-refractivity contribution in [1.29, 1.82) is 0 Å². The first-order valence-corrected chi connectivity index (χ1v) is 4.49. The van der Waals surface area contributed by atoms with Gasteiger partial charge in [-0.15, -0.1) is 0 Å². The molecule has 72 valence electrons. The fraction of sp³-hybridized carbons (Fsp3) is 0.182. The van der Waals surface area contributed by atoms with E-state index >= 15 is 0 Å². The smallest absolute Gasteiger partial charge is 0.265 e. The van der Waals surface area contributed by atoms with Crippen LogP contribution < -0.4 is 5.73 Å². The Balaban J connectivity index is 2.86. The summed E-state index contributed by atoms with van der Waals surface area (Å²) in [4.78, 5) is 14.2. The highest BCUT2D eigenvalue weighted by molar-refractivity contribution is 6.00. The zero-order chi connectivity index (χ0) is 10.3. The molecule has 1 aromatic carbocycles. The van der Waals surface area contributed by atoms with Crippen LogP contribution in [0.15, 0.2) is 18.2 Å². The molecule has 1 heterocycles. The number of carbonyl (C=O) groups is 1. The summed E-state index contributed by atoms with van der Waals surface area (Å²) < 4.78 is 0. The lowest BCUT2D eigenvalue weighted by molar-refractivity contribution is 0.0996. The molecule has 2 aromatic rings. The van der Waals surface area contributed by atoms with Gasteiger partial charge in [-0.05, 0) is 25.0 Å². The van der Waals surface area contributed by atoms with Gasteiger partial charge in [-0.3, -0.25) is 4.79 Å². The van der Waals surface area contributed by atoms with Crippen LogP contribution in [0.1, 0.15) is 21.6 Å². The summed E-state index contributed by atoms with van der Waals surface area (Å²) in [7, 11) is 0. The molecule has 0 fully saturated rings. The average Bonchev–Trinajstić information content (AvgIpc) is 2.46. The highest BCUT2D eigenvalue weighted by atomic mass is 16.1. The van der Waals surface area contributed by atoms with Crippen LogP contribution >= 0.6 is 0 Å². The van der Waals surface area contributed by atoms with Gasteiger partial charge in [-0.2, -0.15) is 0 Å². The number of rotatable bonds is 1. The molecule has 0 bridgehead atoms. The molecule has 3 N–H and O–H groups in total. The van der Waals surface area contributed by atoms with Gasteiger partial charge in [0.2, 0.25) is 0 Å². The zero-order valence-corrected chi connectivity index (χ0v) is 8.22. The summed E-state index contributed by atoms with van der Waals surface area (Å²) in [6.45, 7) is 3.90. The minimum atomic E-state index is -0.405. The number of primary amides is 1. The first-order chi connectivity index (χ1) is 6.61. The number of H-pyrrole nitrogens is 1. The summed E-state index contributed by atoms with van der Waals surface area (Å²) >= 11 is 0. The number of carbonyl (C=O) groups excluding carboxylic acids is 1. The van der Waals surface area contributed by atoms with Gasteiger partial charge in [-0.1, -0.05) is 18.2 Å². The minimum Gasteiger partial charge on any atom is -0.364 e. The molecule has 3 heteroatoms. The Morgan fingerprint density at radius 2 is 2.07 bits per heavy atom. The highest BCUT2D eigenvalue weighted by Crippen LogP contribution is 2.23. The molecule has 0 atom stereocenters. The van der Waals surface area contributed by atoms with Crippen LogP contribution in [0.3, 0.4) is 0 Å². The van der Waals surface area contributed by atoms with Gasteiger partial charge in [0, 0.05) is 10.9 Å². The topological polar surface area (TPSA) is 58.9 Å². The van der Waals surface area contributed by atoms with E-state index in [1.807, 2.05) is 32.0 Å². The number of aromatic amines is 1. The van der Waals surface area contributed by atoms with Crippen LogP contribution in [0.4, 0.5) is 0 Å². The number of hydrogen-bond acceptors (Lipinski definition) is 1. The van der Waals surface area contributed by atoms with Crippen molar-refractivity contribution in [1.82, 2.24) is 4.98 Å². The van der Waals surface area contributed by atoms with Crippen molar-refractivity contribution in [3.8, 4) is 0 Å². The number of amides is 1. The molecule has 0 spiro atoms. The van der Waals surface area contributed by atoms with E-state index in [0.29, 0.717) is 5.69 Å². The van der Waals surface area contributed by atoms with Crippen LogP contribution in [0.5, 0.6) is 0 Å². The average molecular weight is 188 g/mol. The Morgan fingerprint density at radius 1 is 1.36 bits per heavy atom. The van der Waals surface area contributed by atoms with E-state index in [1.165, 1.54) is 0 Å². The van der Waals surface area contributed by atoms with Gasteiger partial charge < -0.3 is 10.7 Å². The number of nitrogens with two attached hydrogens (primary N) is 1. The first-order valence-electron chi connectivity index (χ1n) is 4.49. The van der Waals surface area contributed by atoms with Crippen molar-refractivity contribution in [3.05, 3.63) is 35.0 Å². The number of fused-ring (bicyclic) bond motifs is 1.